The second kappa shape index (κ2) is 15.5. The summed E-state index contributed by atoms with van der Waals surface area (Å²) in [5, 5.41) is 0. The van der Waals surface area contributed by atoms with E-state index in [1.165, 1.54) is 116 Å². The lowest BCUT2D eigenvalue weighted by Crippen LogP contribution is -3.12. The van der Waals surface area contributed by atoms with E-state index in [9.17, 15) is 9.59 Å². The molecule has 14 rings (SSSR count). The van der Waals surface area contributed by atoms with Crippen LogP contribution in [0.4, 0.5) is 0 Å². The monoisotopic (exact) mass is 929 g/mol. The predicted octanol–water partition coefficient (Wildman–Crippen LogP) is 15.6. The number of carbonyl (C=O) groups excluding carboxylic acids is 2. The van der Waals surface area contributed by atoms with Crippen LogP contribution >= 0.6 is 0 Å². The van der Waals surface area contributed by atoms with E-state index in [1.54, 1.807) is 11.1 Å². The molecular formula is C64H96O4. The smallest absolute Gasteiger partial charge is 0.313 e. The van der Waals surface area contributed by atoms with Crippen molar-refractivity contribution in [3.8, 4) is 0 Å². The topological polar surface area (TPSA) is 52.6 Å². The molecular weight excluding hydrogens is 833 g/mol. The Bertz CT molecular complexity index is 1920. The molecule has 0 radical (unpaired) electrons. The molecule has 0 N–H and O–H groups in total. The summed E-state index contributed by atoms with van der Waals surface area (Å²) in [6, 6.07) is 0. The van der Waals surface area contributed by atoms with Gasteiger partial charge in [0, 0.05) is 12.8 Å². The van der Waals surface area contributed by atoms with Gasteiger partial charge in [-0.1, -0.05) is 131 Å². The number of carbonyl (C=O) groups is 2. The quantitative estimate of drug-likeness (QED) is 0.129. The van der Waals surface area contributed by atoms with Crippen molar-refractivity contribution < 1.29 is 19.1 Å². The summed E-state index contributed by atoms with van der Waals surface area (Å²) in [4.78, 5) is 28.8. The molecule has 0 aromatic heterocycles. The Balaban J connectivity index is 0.605. The largest absolute Gasteiger partial charge is 0.462 e. The molecule has 0 heterocycles. The third-order valence-corrected chi connectivity index (χ3v) is 27.4. The number of allylic oxidation sites excluding steroid dienone is 2. The van der Waals surface area contributed by atoms with Crippen LogP contribution in [0.3, 0.4) is 0 Å². The van der Waals surface area contributed by atoms with E-state index in [1.807, 2.05) is 0 Å². The van der Waals surface area contributed by atoms with E-state index < -0.39 is 0 Å². The molecule has 68 heavy (non-hydrogen) atoms. The summed E-state index contributed by atoms with van der Waals surface area (Å²) in [7, 11) is 0. The third kappa shape index (κ3) is 5.64. The minimum absolute atomic E-state index is 0.0389. The van der Waals surface area contributed by atoms with Crippen molar-refractivity contribution >= 4 is 11.9 Å². The fourth-order valence-electron chi connectivity index (χ4n) is 24.4. The summed E-state index contributed by atoms with van der Waals surface area (Å²) < 4.78 is 13.4. The molecule has 14 aliphatic carbocycles. The lowest BCUT2D eigenvalue weighted by molar-refractivity contribution is -0.629. The third-order valence-electron chi connectivity index (χ3n) is 27.4. The summed E-state index contributed by atoms with van der Waals surface area (Å²) in [5.74, 6) is 12.9. The first-order chi connectivity index (χ1) is 32.4. The van der Waals surface area contributed by atoms with Gasteiger partial charge < -0.3 is 9.47 Å². The highest BCUT2D eigenvalue weighted by molar-refractivity contribution is 5.97. The van der Waals surface area contributed by atoms with Gasteiger partial charge in [-0.05, 0) is 218 Å². The summed E-state index contributed by atoms with van der Waals surface area (Å²) in [6.07, 6.45) is 34.1. The molecule has 0 bridgehead atoms. The SMILES string of the molecule is CC(C)CCC[C@@H](C)[C@H]1CC[C@H]2[C@@H]3CC=C4CC(OC(=O)C56C7C8C5C5C6C7C85C(=O)OC5CC[C@@]6(C)C(=CC[C@H]7[C@@H]8CC[C@H]([C@H](C)CCCC(C)C)[C@@]8(C)CC[C@@H]76)C5)CC[C@]4(C)[C@H]3CC[C@]12C. The number of esters is 2. The number of fused-ring (bicyclic) bond motifs is 10. The van der Waals surface area contributed by atoms with Crippen LogP contribution in [0.1, 0.15) is 210 Å². The van der Waals surface area contributed by atoms with Gasteiger partial charge in [0.05, 0.1) is 10.8 Å². The zero-order valence-corrected chi connectivity index (χ0v) is 44.9. The standard InChI is InChI=1S/C64H96O4/c1-35(2)13-11-15-37(5)45-21-23-47-43-19-17-39-33-41(25-29-59(39,7)49(43)27-31-61(45,47)9)67-57(65)63-51-54-52(63)56-53(63)55(51)64(54,56)58(66)68-42-26-30-60(8)40(34-42)18-20-44-48-24-22-46(38(6)16-12-14-36(3)4)62(48,10)32-28-50(44)60/h17-18,35-38,41-56H,11-16,19-34H2,1-10H3/t37-,38-,41?,42?,43+,44+,45-,46-,47+,48+,49+,50+,51?,52?,53?,54?,55?,56?,59+,60+,61-,62-,63?,64?/m1/s1. The molecule has 0 aromatic rings. The fourth-order valence-corrected chi connectivity index (χ4v) is 24.4. The minimum Gasteiger partial charge on any atom is -0.462 e. The normalized spacial score (nSPS) is 54.2. The molecule has 0 spiro atoms. The average molecular weight is 929 g/mol. The highest BCUT2D eigenvalue weighted by atomic mass is 16.6. The van der Waals surface area contributed by atoms with Gasteiger partial charge in [-0.25, -0.2) is 0 Å². The Morgan fingerprint density at radius 1 is 0.500 bits per heavy atom. The zero-order valence-electron chi connectivity index (χ0n) is 44.9. The van der Waals surface area contributed by atoms with Crippen LogP contribution < -0.4 is 0 Å². The van der Waals surface area contributed by atoms with Crippen molar-refractivity contribution in [2.75, 3.05) is 0 Å². The second-order valence-corrected chi connectivity index (χ2v) is 30.1. The van der Waals surface area contributed by atoms with Gasteiger partial charge in [-0.2, -0.15) is 0 Å². The maximum atomic E-state index is 14.4. The maximum absolute atomic E-state index is 14.4. The molecule has 376 valence electrons. The van der Waals surface area contributed by atoms with E-state index in [0.717, 1.165) is 96.7 Å². The van der Waals surface area contributed by atoms with Crippen LogP contribution in [0.5, 0.6) is 0 Å². The molecule has 0 aromatic carbocycles. The van der Waals surface area contributed by atoms with Crippen LogP contribution in [-0.4, -0.2) is 24.1 Å². The first-order valence-corrected chi connectivity index (χ1v) is 30.3. The van der Waals surface area contributed by atoms with Crippen LogP contribution in [0.2, 0.25) is 0 Å². The van der Waals surface area contributed by atoms with Crippen LogP contribution in [-0.2, 0) is 19.1 Å². The first kappa shape index (κ1) is 46.2. The average Bonchev–Trinajstić information content (AvgIpc) is 3.85. The number of hydrogen-bond acceptors (Lipinski definition) is 4. The minimum atomic E-state index is -0.231. The first-order valence-electron chi connectivity index (χ1n) is 30.3. The molecule has 4 heteroatoms. The Hall–Kier alpha value is -1.58. The summed E-state index contributed by atoms with van der Waals surface area (Å²) in [6.45, 7) is 25.4. The predicted molar refractivity (Wildman–Crippen MR) is 272 cm³/mol. The lowest BCUT2D eigenvalue weighted by atomic mass is 8.92. The molecule has 0 aliphatic heterocycles. The van der Waals surface area contributed by atoms with Gasteiger partial charge in [-0.15, -0.1) is 0 Å². The van der Waals surface area contributed by atoms with Crippen molar-refractivity contribution in [2.24, 2.45) is 139 Å². The molecule has 0 saturated heterocycles. The van der Waals surface area contributed by atoms with E-state index >= 15 is 0 Å². The van der Waals surface area contributed by atoms with E-state index in [0.29, 0.717) is 46.3 Å². The number of rotatable bonds is 14. The number of hydrogen-bond donors (Lipinski definition) is 0. The fraction of sp³-hybridized carbons (Fsp3) is 0.906. The Morgan fingerprint density at radius 3 is 1.25 bits per heavy atom. The summed E-state index contributed by atoms with van der Waals surface area (Å²) in [5.41, 5.74) is 4.39. The molecule has 12 saturated carbocycles. The Morgan fingerprint density at radius 2 is 0.882 bits per heavy atom. The van der Waals surface area contributed by atoms with Gasteiger partial charge in [0.1, 0.15) is 12.2 Å². The van der Waals surface area contributed by atoms with Gasteiger partial charge in [0.25, 0.3) is 0 Å². The molecule has 16 atom stereocenters. The lowest BCUT2D eigenvalue weighted by Gasteiger charge is -3.08. The highest BCUT2D eigenvalue weighted by Gasteiger charge is 3.14. The summed E-state index contributed by atoms with van der Waals surface area (Å²) >= 11 is 0. The maximum Gasteiger partial charge on any atom is 0.313 e. The van der Waals surface area contributed by atoms with Crippen molar-refractivity contribution in [1.29, 1.82) is 0 Å². The van der Waals surface area contributed by atoms with Crippen LogP contribution in [0.15, 0.2) is 23.3 Å². The molecule has 12 fully saturated rings. The second-order valence-electron chi connectivity index (χ2n) is 30.1. The van der Waals surface area contributed by atoms with Crippen molar-refractivity contribution in [3.05, 3.63) is 23.3 Å². The number of ether oxygens (including phenoxy) is 2. The molecule has 2 unspecified atom stereocenters. The Kier molecular flexibility index (Phi) is 10.5. The van der Waals surface area contributed by atoms with Crippen LogP contribution in [0.25, 0.3) is 0 Å². The van der Waals surface area contributed by atoms with Crippen LogP contribution in [0, 0.1) is 139 Å². The highest BCUT2D eigenvalue weighted by Crippen LogP contribution is 3.10. The van der Waals surface area contributed by atoms with Crippen molar-refractivity contribution in [3.63, 3.8) is 0 Å². The zero-order chi connectivity index (χ0) is 47.2. The molecule has 4 nitrogen and oxygen atoms in total. The van der Waals surface area contributed by atoms with Gasteiger partial charge in [-0.3, -0.25) is 9.59 Å². The van der Waals surface area contributed by atoms with Crippen molar-refractivity contribution in [2.45, 2.75) is 223 Å². The molecule has 14 aliphatic rings. The molecule has 0 amide bonds. The van der Waals surface area contributed by atoms with Crippen molar-refractivity contribution in [1.82, 2.24) is 0 Å². The van der Waals surface area contributed by atoms with E-state index in [2.05, 4.69) is 81.4 Å². The van der Waals surface area contributed by atoms with E-state index in [-0.39, 0.29) is 45.8 Å². The van der Waals surface area contributed by atoms with E-state index in [4.69, 9.17) is 9.47 Å². The van der Waals surface area contributed by atoms with Gasteiger partial charge in [0.15, 0.2) is 0 Å². The van der Waals surface area contributed by atoms with Gasteiger partial charge in [0.2, 0.25) is 0 Å². The van der Waals surface area contributed by atoms with Gasteiger partial charge >= 0.3 is 11.9 Å². The Labute approximate surface area is 414 Å².